The molecule has 1 heterocycles. The van der Waals surface area contributed by atoms with E-state index in [0.29, 0.717) is 22.9 Å². The number of thioether (sulfide) groups is 1. The highest BCUT2D eigenvalue weighted by molar-refractivity contribution is 8.19. The summed E-state index contributed by atoms with van der Waals surface area (Å²) >= 11 is 0.957. The predicted molar refractivity (Wildman–Crippen MR) is 97.2 cm³/mol. The van der Waals surface area contributed by atoms with Gasteiger partial charge >= 0.3 is 0 Å². The van der Waals surface area contributed by atoms with E-state index in [1.165, 1.54) is 4.90 Å². The van der Waals surface area contributed by atoms with Crippen LogP contribution in [0, 0.1) is 6.92 Å². The van der Waals surface area contributed by atoms with E-state index in [2.05, 4.69) is 0 Å². The molecule has 0 unspecified atom stereocenters. The maximum Gasteiger partial charge on any atom is 0.298 e. The Morgan fingerprint density at radius 1 is 1.04 bits per heavy atom. The molecule has 1 aliphatic heterocycles. The van der Waals surface area contributed by atoms with Crippen molar-refractivity contribution in [3.63, 3.8) is 0 Å². The van der Waals surface area contributed by atoms with Crippen LogP contribution in [0.1, 0.15) is 18.1 Å². The standard InChI is InChI=1S/C19H17NO3S/c1-3-23-16-10-8-15(9-11-16)20-18(21)17(24-19(20)22)12-14-6-4-13(2)5-7-14/h4-12H,3H2,1-2H3. The van der Waals surface area contributed by atoms with Crippen molar-refractivity contribution in [1.29, 1.82) is 0 Å². The summed E-state index contributed by atoms with van der Waals surface area (Å²) in [4.78, 5) is 26.5. The van der Waals surface area contributed by atoms with Crippen molar-refractivity contribution in [2.24, 2.45) is 0 Å². The lowest BCUT2D eigenvalue weighted by Gasteiger charge is -2.13. The average Bonchev–Trinajstić information content (AvgIpc) is 2.85. The summed E-state index contributed by atoms with van der Waals surface area (Å²) < 4.78 is 5.38. The Hall–Kier alpha value is -2.53. The molecule has 2 amide bonds. The molecule has 1 fully saturated rings. The molecule has 24 heavy (non-hydrogen) atoms. The van der Waals surface area contributed by atoms with E-state index in [1.807, 2.05) is 38.1 Å². The quantitative estimate of drug-likeness (QED) is 0.762. The zero-order valence-electron chi connectivity index (χ0n) is 13.5. The normalized spacial score (nSPS) is 16.1. The molecule has 0 spiro atoms. The van der Waals surface area contributed by atoms with E-state index in [-0.39, 0.29) is 11.1 Å². The second-order valence-electron chi connectivity index (χ2n) is 5.35. The van der Waals surface area contributed by atoms with Gasteiger partial charge in [0.25, 0.3) is 11.1 Å². The molecule has 0 aromatic heterocycles. The van der Waals surface area contributed by atoms with Gasteiger partial charge in [0.1, 0.15) is 5.75 Å². The topological polar surface area (TPSA) is 46.6 Å². The van der Waals surface area contributed by atoms with Crippen LogP contribution in [-0.2, 0) is 4.79 Å². The summed E-state index contributed by atoms with van der Waals surface area (Å²) in [6.07, 6.45) is 1.75. The summed E-state index contributed by atoms with van der Waals surface area (Å²) in [6.45, 7) is 4.48. The Labute approximate surface area is 145 Å². The van der Waals surface area contributed by atoms with Crippen molar-refractivity contribution < 1.29 is 14.3 Å². The molecule has 2 aromatic carbocycles. The number of amides is 2. The van der Waals surface area contributed by atoms with Gasteiger partial charge in [-0.2, -0.15) is 0 Å². The summed E-state index contributed by atoms with van der Waals surface area (Å²) in [5.41, 5.74) is 2.60. The Kier molecular flexibility index (Phi) is 4.71. The van der Waals surface area contributed by atoms with Crippen molar-refractivity contribution in [2.75, 3.05) is 11.5 Å². The van der Waals surface area contributed by atoms with Crippen molar-refractivity contribution in [3.8, 4) is 5.75 Å². The maximum atomic E-state index is 12.6. The van der Waals surface area contributed by atoms with Crippen molar-refractivity contribution in [3.05, 3.63) is 64.6 Å². The molecule has 122 valence electrons. The van der Waals surface area contributed by atoms with Crippen molar-refractivity contribution >= 4 is 34.7 Å². The first-order valence-electron chi connectivity index (χ1n) is 7.66. The van der Waals surface area contributed by atoms with Crippen LogP contribution in [0.3, 0.4) is 0 Å². The number of hydrogen-bond acceptors (Lipinski definition) is 4. The van der Waals surface area contributed by atoms with E-state index in [0.717, 1.165) is 22.9 Å². The number of rotatable bonds is 4. The fourth-order valence-corrected chi connectivity index (χ4v) is 3.20. The SMILES string of the molecule is CCOc1ccc(N2C(=O)SC(=Cc3ccc(C)cc3)C2=O)cc1. The van der Waals surface area contributed by atoms with E-state index < -0.39 is 0 Å². The molecule has 1 aliphatic rings. The van der Waals surface area contributed by atoms with Gasteiger partial charge in [0.2, 0.25) is 0 Å². The summed E-state index contributed by atoms with van der Waals surface area (Å²) in [5.74, 6) is 0.415. The monoisotopic (exact) mass is 339 g/mol. The zero-order valence-corrected chi connectivity index (χ0v) is 14.3. The van der Waals surface area contributed by atoms with Gasteiger partial charge in [-0.25, -0.2) is 4.90 Å². The van der Waals surface area contributed by atoms with Crippen molar-refractivity contribution in [1.82, 2.24) is 0 Å². The van der Waals surface area contributed by atoms with E-state index >= 15 is 0 Å². The van der Waals surface area contributed by atoms with Crippen LogP contribution in [0.5, 0.6) is 5.75 Å². The molecular weight excluding hydrogens is 322 g/mol. The molecule has 0 atom stereocenters. The molecule has 4 nitrogen and oxygen atoms in total. The minimum absolute atomic E-state index is 0.289. The third kappa shape index (κ3) is 3.36. The van der Waals surface area contributed by atoms with Gasteiger partial charge in [-0.3, -0.25) is 9.59 Å². The fourth-order valence-electron chi connectivity index (χ4n) is 2.36. The number of carbonyl (C=O) groups is 2. The maximum absolute atomic E-state index is 12.6. The molecule has 0 N–H and O–H groups in total. The van der Waals surface area contributed by atoms with Crippen LogP contribution in [-0.4, -0.2) is 17.8 Å². The number of nitrogens with zero attached hydrogens (tertiary/aromatic N) is 1. The Morgan fingerprint density at radius 3 is 2.33 bits per heavy atom. The van der Waals surface area contributed by atoms with Gasteiger partial charge in [-0.15, -0.1) is 0 Å². The number of benzene rings is 2. The van der Waals surface area contributed by atoms with E-state index in [1.54, 1.807) is 30.3 Å². The zero-order chi connectivity index (χ0) is 17.1. The third-order valence-electron chi connectivity index (χ3n) is 3.57. The van der Waals surface area contributed by atoms with Crippen LogP contribution in [0.15, 0.2) is 53.4 Å². The molecular formula is C19H17NO3S. The number of imide groups is 1. The van der Waals surface area contributed by atoms with Crippen LogP contribution in [0.4, 0.5) is 10.5 Å². The molecule has 0 radical (unpaired) electrons. The second kappa shape index (κ2) is 6.93. The molecule has 3 rings (SSSR count). The summed E-state index contributed by atoms with van der Waals surface area (Å²) in [6, 6.07) is 14.8. The number of hydrogen-bond donors (Lipinski definition) is 0. The van der Waals surface area contributed by atoms with Crippen LogP contribution in [0.25, 0.3) is 6.08 Å². The first kappa shape index (κ1) is 16.3. The molecule has 0 bridgehead atoms. The van der Waals surface area contributed by atoms with Gasteiger partial charge < -0.3 is 4.74 Å². The van der Waals surface area contributed by atoms with E-state index in [9.17, 15) is 9.59 Å². The second-order valence-corrected chi connectivity index (χ2v) is 6.35. The van der Waals surface area contributed by atoms with Gasteiger partial charge in [-0.05, 0) is 61.5 Å². The van der Waals surface area contributed by atoms with Gasteiger partial charge in [0.05, 0.1) is 17.2 Å². The number of ether oxygens (including phenoxy) is 1. The Bertz CT molecular complexity index is 794. The lowest BCUT2D eigenvalue weighted by atomic mass is 10.1. The first-order valence-corrected chi connectivity index (χ1v) is 8.47. The lowest BCUT2D eigenvalue weighted by Crippen LogP contribution is -2.27. The minimum Gasteiger partial charge on any atom is -0.494 e. The van der Waals surface area contributed by atoms with Crippen LogP contribution >= 0.6 is 11.8 Å². The van der Waals surface area contributed by atoms with Crippen LogP contribution in [0.2, 0.25) is 0 Å². The minimum atomic E-state index is -0.297. The molecule has 2 aromatic rings. The van der Waals surface area contributed by atoms with Gasteiger partial charge in [-0.1, -0.05) is 29.8 Å². The molecule has 5 heteroatoms. The molecule has 0 saturated carbocycles. The number of aryl methyl sites for hydroxylation is 1. The van der Waals surface area contributed by atoms with E-state index in [4.69, 9.17) is 4.74 Å². The highest BCUT2D eigenvalue weighted by Gasteiger charge is 2.36. The molecule has 1 saturated heterocycles. The summed E-state index contributed by atoms with van der Waals surface area (Å²) in [5, 5.41) is -0.289. The largest absolute Gasteiger partial charge is 0.494 e. The number of anilines is 1. The first-order chi connectivity index (χ1) is 11.6. The third-order valence-corrected chi connectivity index (χ3v) is 4.44. The van der Waals surface area contributed by atoms with Crippen LogP contribution < -0.4 is 9.64 Å². The Balaban J connectivity index is 1.84. The smallest absolute Gasteiger partial charge is 0.298 e. The van der Waals surface area contributed by atoms with Gasteiger partial charge in [0, 0.05) is 0 Å². The summed E-state index contributed by atoms with van der Waals surface area (Å²) in [7, 11) is 0. The lowest BCUT2D eigenvalue weighted by molar-refractivity contribution is -0.113. The average molecular weight is 339 g/mol. The highest BCUT2D eigenvalue weighted by atomic mass is 32.2. The molecule has 0 aliphatic carbocycles. The Morgan fingerprint density at radius 2 is 1.71 bits per heavy atom. The predicted octanol–water partition coefficient (Wildman–Crippen LogP) is 4.63. The highest BCUT2D eigenvalue weighted by Crippen LogP contribution is 2.36. The van der Waals surface area contributed by atoms with Gasteiger partial charge in [0.15, 0.2) is 0 Å². The van der Waals surface area contributed by atoms with Crippen molar-refractivity contribution in [2.45, 2.75) is 13.8 Å². The number of carbonyl (C=O) groups excluding carboxylic acids is 2. The fraction of sp³-hybridized carbons (Fsp3) is 0.158.